The number of hydrogen-bond donors (Lipinski definition) is 2. The number of nitrogens with one attached hydrogen (secondary N) is 2. The molecule has 0 unspecified atom stereocenters. The molecule has 0 saturated carbocycles. The third kappa shape index (κ3) is 6.41. The van der Waals surface area contributed by atoms with Gasteiger partial charge in [0.15, 0.2) is 6.61 Å². The lowest BCUT2D eigenvalue weighted by atomic mass is 10.0. The van der Waals surface area contributed by atoms with E-state index in [2.05, 4.69) is 15.4 Å². The van der Waals surface area contributed by atoms with E-state index in [1.54, 1.807) is 19.9 Å². The maximum Gasteiger partial charge on any atom is 0.422 e. The van der Waals surface area contributed by atoms with Crippen molar-refractivity contribution in [3.63, 3.8) is 0 Å². The Morgan fingerprint density at radius 2 is 1.75 bits per heavy atom. The van der Waals surface area contributed by atoms with Gasteiger partial charge < -0.3 is 15.4 Å². The second-order valence-corrected chi connectivity index (χ2v) is 7.01. The van der Waals surface area contributed by atoms with E-state index in [1.807, 2.05) is 0 Å². The number of rotatable bonds is 7. The van der Waals surface area contributed by atoms with Crippen molar-refractivity contribution in [3.05, 3.63) is 59.2 Å². The van der Waals surface area contributed by atoms with Crippen LogP contribution in [0.4, 0.5) is 27.6 Å². The van der Waals surface area contributed by atoms with Crippen molar-refractivity contribution in [1.29, 1.82) is 5.26 Å². The smallest absolute Gasteiger partial charge is 0.422 e. The quantitative estimate of drug-likeness (QED) is 0.613. The zero-order valence-electron chi connectivity index (χ0n) is 16.9. The second-order valence-electron chi connectivity index (χ2n) is 7.01. The fourth-order valence-electron chi connectivity index (χ4n) is 2.66. The molecule has 2 aromatic carbocycles. The fraction of sp³-hybridized carbons (Fsp3) is 0.286. The molecular weight excluding hydrogens is 437 g/mol. The van der Waals surface area contributed by atoms with Gasteiger partial charge in [-0.2, -0.15) is 18.4 Å². The molecule has 2 rings (SSSR count). The first-order chi connectivity index (χ1) is 14.9. The summed E-state index contributed by atoms with van der Waals surface area (Å²) < 4.78 is 69.2. The van der Waals surface area contributed by atoms with Gasteiger partial charge in [0.25, 0.3) is 5.91 Å². The molecule has 0 aliphatic heterocycles. The standard InChI is InChI=1S/C21H18F5N3O3/c1-11(2)18(29-19(30)17-14(22)4-3-5-15(17)23)20(31)28-13-6-7-16(12(8-13)9-27)32-10-21(24,25)26/h3-8,11,18H,10H2,1-2H3,(H,28,31)(H,29,30)/t18-/m0/s1. The van der Waals surface area contributed by atoms with Crippen LogP contribution in [0, 0.1) is 28.9 Å². The fourth-order valence-corrected chi connectivity index (χ4v) is 2.66. The van der Waals surface area contributed by atoms with Crippen molar-refractivity contribution in [2.75, 3.05) is 11.9 Å². The van der Waals surface area contributed by atoms with Crippen LogP contribution in [0.5, 0.6) is 5.75 Å². The third-order valence-corrected chi connectivity index (χ3v) is 4.18. The number of amides is 2. The summed E-state index contributed by atoms with van der Waals surface area (Å²) in [5, 5.41) is 13.8. The molecule has 0 aliphatic rings. The number of anilines is 1. The first-order valence-electron chi connectivity index (χ1n) is 9.22. The number of nitriles is 1. The van der Waals surface area contributed by atoms with Crippen molar-refractivity contribution >= 4 is 17.5 Å². The third-order valence-electron chi connectivity index (χ3n) is 4.18. The van der Waals surface area contributed by atoms with Gasteiger partial charge in [0, 0.05) is 5.69 Å². The van der Waals surface area contributed by atoms with Crippen molar-refractivity contribution in [2.24, 2.45) is 5.92 Å². The molecular formula is C21H18F5N3O3. The van der Waals surface area contributed by atoms with Crippen LogP contribution in [0.15, 0.2) is 36.4 Å². The van der Waals surface area contributed by atoms with Crippen molar-refractivity contribution < 1.29 is 36.3 Å². The lowest BCUT2D eigenvalue weighted by Gasteiger charge is -2.22. The van der Waals surface area contributed by atoms with E-state index in [9.17, 15) is 31.5 Å². The number of nitrogens with zero attached hydrogens (tertiary/aromatic N) is 1. The number of halogens is 5. The van der Waals surface area contributed by atoms with Gasteiger partial charge in [0.1, 0.15) is 35.1 Å². The van der Waals surface area contributed by atoms with E-state index in [0.717, 1.165) is 30.3 Å². The zero-order chi connectivity index (χ0) is 24.1. The van der Waals surface area contributed by atoms with Crippen molar-refractivity contribution in [3.8, 4) is 11.8 Å². The molecule has 2 amide bonds. The van der Waals surface area contributed by atoms with Gasteiger partial charge in [-0.1, -0.05) is 19.9 Å². The summed E-state index contributed by atoms with van der Waals surface area (Å²) in [6.07, 6.45) is -4.60. The Hall–Kier alpha value is -3.68. The molecule has 0 spiro atoms. The number of carbonyl (C=O) groups excluding carboxylic acids is 2. The Morgan fingerprint density at radius 1 is 1.12 bits per heavy atom. The van der Waals surface area contributed by atoms with Gasteiger partial charge in [-0.15, -0.1) is 0 Å². The SMILES string of the molecule is CC(C)[C@H](NC(=O)c1c(F)cccc1F)C(=O)Nc1ccc(OCC(F)(F)F)c(C#N)c1. The number of hydrogen-bond acceptors (Lipinski definition) is 4. The van der Waals surface area contributed by atoms with Crippen LogP contribution in [-0.4, -0.2) is 30.6 Å². The first kappa shape index (κ1) is 24.6. The molecule has 0 bridgehead atoms. The van der Waals surface area contributed by atoms with E-state index in [1.165, 1.54) is 6.07 Å². The van der Waals surface area contributed by atoms with Crippen LogP contribution in [0.25, 0.3) is 0 Å². The molecule has 0 heterocycles. The Labute approximate surface area is 180 Å². The van der Waals surface area contributed by atoms with Gasteiger partial charge >= 0.3 is 6.18 Å². The molecule has 0 aromatic heterocycles. The zero-order valence-corrected chi connectivity index (χ0v) is 16.9. The summed E-state index contributed by atoms with van der Waals surface area (Å²) in [5.41, 5.74) is -1.06. The van der Waals surface area contributed by atoms with Crippen LogP contribution in [0.3, 0.4) is 0 Å². The topological polar surface area (TPSA) is 91.2 Å². The lowest BCUT2D eigenvalue weighted by Crippen LogP contribution is -2.47. The molecule has 0 fully saturated rings. The first-order valence-corrected chi connectivity index (χ1v) is 9.22. The predicted molar refractivity (Wildman–Crippen MR) is 104 cm³/mol. The number of benzene rings is 2. The summed E-state index contributed by atoms with van der Waals surface area (Å²) in [5.74, 6) is -4.93. The molecule has 0 saturated heterocycles. The molecule has 6 nitrogen and oxygen atoms in total. The van der Waals surface area contributed by atoms with Crippen LogP contribution < -0.4 is 15.4 Å². The Kier molecular flexibility index (Phi) is 7.75. The molecule has 1 atom stereocenters. The molecule has 32 heavy (non-hydrogen) atoms. The molecule has 2 N–H and O–H groups in total. The van der Waals surface area contributed by atoms with Crippen molar-refractivity contribution in [1.82, 2.24) is 5.32 Å². The monoisotopic (exact) mass is 455 g/mol. The molecule has 11 heteroatoms. The highest BCUT2D eigenvalue weighted by atomic mass is 19.4. The number of carbonyl (C=O) groups is 2. The van der Waals surface area contributed by atoms with Gasteiger partial charge in [-0.3, -0.25) is 9.59 Å². The number of alkyl halides is 3. The van der Waals surface area contributed by atoms with Crippen LogP contribution in [0.1, 0.15) is 29.8 Å². The van der Waals surface area contributed by atoms with Crippen LogP contribution in [-0.2, 0) is 4.79 Å². The highest BCUT2D eigenvalue weighted by molar-refractivity contribution is 6.01. The largest absolute Gasteiger partial charge is 0.483 e. The van der Waals surface area contributed by atoms with Crippen LogP contribution in [0.2, 0.25) is 0 Å². The highest BCUT2D eigenvalue weighted by Gasteiger charge is 2.29. The van der Waals surface area contributed by atoms with Gasteiger partial charge in [-0.25, -0.2) is 8.78 Å². The lowest BCUT2D eigenvalue weighted by molar-refractivity contribution is -0.153. The summed E-state index contributed by atoms with van der Waals surface area (Å²) in [6.45, 7) is 1.56. The number of ether oxygens (including phenoxy) is 1. The maximum atomic E-state index is 13.8. The van der Waals surface area contributed by atoms with Crippen LogP contribution >= 0.6 is 0 Å². The van der Waals surface area contributed by atoms with Gasteiger partial charge in [0.05, 0.1) is 5.56 Å². The highest BCUT2D eigenvalue weighted by Crippen LogP contribution is 2.25. The summed E-state index contributed by atoms with van der Waals surface area (Å²) in [4.78, 5) is 25.0. The molecule has 0 radical (unpaired) electrons. The van der Waals surface area contributed by atoms with E-state index >= 15 is 0 Å². The summed E-state index contributed by atoms with van der Waals surface area (Å²) in [7, 11) is 0. The van der Waals surface area contributed by atoms with E-state index < -0.39 is 53.8 Å². The summed E-state index contributed by atoms with van der Waals surface area (Å²) >= 11 is 0. The van der Waals surface area contributed by atoms with Gasteiger partial charge in [-0.05, 0) is 36.2 Å². The Morgan fingerprint density at radius 3 is 2.28 bits per heavy atom. The molecule has 2 aromatic rings. The van der Waals surface area contributed by atoms with Gasteiger partial charge in [0.2, 0.25) is 5.91 Å². The minimum atomic E-state index is -4.60. The second kappa shape index (κ2) is 10.1. The normalized spacial score (nSPS) is 12.1. The average molecular weight is 455 g/mol. The predicted octanol–water partition coefficient (Wildman–Crippen LogP) is 4.17. The van der Waals surface area contributed by atoms with Crippen molar-refractivity contribution in [2.45, 2.75) is 26.1 Å². The van der Waals surface area contributed by atoms with E-state index in [-0.39, 0.29) is 17.0 Å². The molecule has 170 valence electrons. The Bertz CT molecular complexity index is 1030. The van der Waals surface area contributed by atoms with E-state index in [0.29, 0.717) is 0 Å². The Balaban J connectivity index is 2.17. The minimum absolute atomic E-state index is 0.0443. The van der Waals surface area contributed by atoms with E-state index in [4.69, 9.17) is 5.26 Å². The summed E-state index contributed by atoms with van der Waals surface area (Å²) in [6, 6.07) is 6.72. The maximum absolute atomic E-state index is 13.8. The average Bonchev–Trinajstić information content (AvgIpc) is 2.69. The minimum Gasteiger partial charge on any atom is -0.483 e. The molecule has 0 aliphatic carbocycles.